The molecule has 1 aliphatic carbocycles. The van der Waals surface area contributed by atoms with Gasteiger partial charge in [0.15, 0.2) is 0 Å². The fraction of sp³-hybridized carbons (Fsp3) is 0.458. The molecule has 2 saturated heterocycles. The molecule has 34 heavy (non-hydrogen) atoms. The fourth-order valence-electron chi connectivity index (χ4n) is 5.80. The van der Waals surface area contributed by atoms with Gasteiger partial charge in [-0.1, -0.05) is 17.1 Å². The maximum Gasteiger partial charge on any atom is 0.431 e. The van der Waals surface area contributed by atoms with E-state index >= 15 is 4.39 Å². The number of H-pyrrole nitrogens is 2. The lowest BCUT2D eigenvalue weighted by molar-refractivity contribution is -0.365. The summed E-state index contributed by atoms with van der Waals surface area (Å²) in [6.45, 7) is 3.33. The van der Waals surface area contributed by atoms with Crippen LogP contribution >= 0.6 is 0 Å². The number of benzene rings is 1. The molecular weight excluding hydrogens is 450 g/mol. The minimum atomic E-state index is -4.52. The van der Waals surface area contributed by atoms with Crippen LogP contribution in [-0.4, -0.2) is 53.4 Å². The topological polar surface area (TPSA) is 67.7 Å². The summed E-state index contributed by atoms with van der Waals surface area (Å²) in [6, 6.07) is 6.19. The Bertz CT molecular complexity index is 1240. The van der Waals surface area contributed by atoms with Gasteiger partial charge in [0.1, 0.15) is 16.9 Å². The zero-order valence-corrected chi connectivity index (χ0v) is 18.3. The summed E-state index contributed by atoms with van der Waals surface area (Å²) in [5.74, 6) is 0.654. The molecule has 0 amide bonds. The number of nitrogens with zero attached hydrogens (tertiary/aromatic N) is 3. The maximum absolute atomic E-state index is 15.1. The summed E-state index contributed by atoms with van der Waals surface area (Å²) >= 11 is 0. The van der Waals surface area contributed by atoms with Crippen molar-refractivity contribution < 1.29 is 27.3 Å². The number of hydrogen-bond donors (Lipinski definition) is 1. The van der Waals surface area contributed by atoms with E-state index in [1.807, 2.05) is 6.07 Å². The van der Waals surface area contributed by atoms with Crippen LogP contribution in [0.4, 0.5) is 23.4 Å². The quantitative estimate of drug-likeness (QED) is 0.462. The molecule has 2 aromatic heterocycles. The van der Waals surface area contributed by atoms with Crippen molar-refractivity contribution in [3.63, 3.8) is 0 Å². The monoisotopic (exact) mass is 474 g/mol. The number of likely N-dealkylation sites (tertiary alicyclic amines) is 1. The number of aromatic amines is 2. The van der Waals surface area contributed by atoms with E-state index in [1.54, 1.807) is 12.3 Å². The van der Waals surface area contributed by atoms with Gasteiger partial charge in [-0.3, -0.25) is 4.90 Å². The lowest BCUT2D eigenvalue weighted by Crippen LogP contribution is -2.42. The third-order valence-electron chi connectivity index (χ3n) is 7.45. The highest BCUT2D eigenvalue weighted by Gasteiger charge is 2.44. The Labute approximate surface area is 193 Å². The Morgan fingerprint density at radius 3 is 2.76 bits per heavy atom. The van der Waals surface area contributed by atoms with Crippen molar-refractivity contribution in [1.82, 2.24) is 14.9 Å². The molecule has 10 heteroatoms. The highest BCUT2D eigenvalue weighted by Crippen LogP contribution is 2.40. The molecule has 6 nitrogen and oxygen atoms in total. The highest BCUT2D eigenvalue weighted by molar-refractivity contribution is 5.87. The summed E-state index contributed by atoms with van der Waals surface area (Å²) < 4.78 is 60.3. The largest absolute Gasteiger partial charge is 0.431 e. The zero-order chi connectivity index (χ0) is 23.4. The van der Waals surface area contributed by atoms with Gasteiger partial charge in [0.2, 0.25) is 12.0 Å². The Morgan fingerprint density at radius 1 is 1.21 bits per heavy atom. The van der Waals surface area contributed by atoms with E-state index in [4.69, 9.17) is 4.74 Å². The Hall–Kier alpha value is -2.85. The number of aliphatic imine (C=N–C) groups is 1. The predicted molar refractivity (Wildman–Crippen MR) is 116 cm³/mol. The lowest BCUT2D eigenvalue weighted by atomic mass is 9.78. The van der Waals surface area contributed by atoms with Crippen molar-refractivity contribution in [2.24, 2.45) is 16.8 Å². The van der Waals surface area contributed by atoms with Gasteiger partial charge in [-0.25, -0.2) is 9.37 Å². The number of alkyl halides is 3. The van der Waals surface area contributed by atoms with Crippen molar-refractivity contribution >= 4 is 23.1 Å². The van der Waals surface area contributed by atoms with Gasteiger partial charge in [0, 0.05) is 36.5 Å². The lowest BCUT2D eigenvalue weighted by Gasteiger charge is -2.37. The van der Waals surface area contributed by atoms with Gasteiger partial charge in [-0.2, -0.15) is 13.2 Å². The SMILES string of the molecule is Fc1cccc2c1C(/C=N/c1[nH+]cnc3[nH]c(C(F)(F)F)cc13)C(N1C[C@H]3COC[C@H]3C1)CC2. The van der Waals surface area contributed by atoms with Crippen LogP contribution in [0.25, 0.3) is 11.0 Å². The molecule has 0 spiro atoms. The molecule has 2 fully saturated rings. The second kappa shape index (κ2) is 8.13. The third-order valence-corrected chi connectivity index (χ3v) is 7.45. The zero-order valence-electron chi connectivity index (χ0n) is 18.3. The van der Waals surface area contributed by atoms with Crippen LogP contribution in [0.5, 0.6) is 0 Å². The standard InChI is InChI=1S/C24H23F4N5O/c25-18-3-1-2-13-4-5-19(33-8-14-10-34-11-15(14)9-33)17(21(13)18)7-29-22-16-6-20(24(26,27)28)32-23(16)31-12-30-22/h1-3,6-7,12,14-15,17,19H,4-5,8-11H2,(H,30,31,32)/p+1/b29-7+/t14-,15+,17?,19?. The molecule has 4 heterocycles. The summed E-state index contributed by atoms with van der Waals surface area (Å²) in [5.41, 5.74) is 0.799. The van der Waals surface area contributed by atoms with E-state index in [0.29, 0.717) is 17.4 Å². The first-order valence-corrected chi connectivity index (χ1v) is 11.5. The van der Waals surface area contributed by atoms with E-state index in [2.05, 4.69) is 24.8 Å². The number of nitrogens with one attached hydrogen (secondary N) is 2. The summed E-state index contributed by atoms with van der Waals surface area (Å²) in [6.07, 6.45) is 0.131. The second-order valence-electron chi connectivity index (χ2n) is 9.43. The number of aromatic nitrogens is 3. The molecule has 0 radical (unpaired) electrons. The normalized spacial score (nSPS) is 27.5. The van der Waals surface area contributed by atoms with Gasteiger partial charge in [-0.05, 0) is 30.5 Å². The average molecular weight is 474 g/mol. The highest BCUT2D eigenvalue weighted by atomic mass is 19.4. The van der Waals surface area contributed by atoms with Gasteiger partial charge < -0.3 is 9.72 Å². The molecule has 0 bridgehead atoms. The van der Waals surface area contributed by atoms with E-state index in [1.165, 1.54) is 12.4 Å². The van der Waals surface area contributed by atoms with Crippen LogP contribution in [0.15, 0.2) is 35.6 Å². The first kappa shape index (κ1) is 21.7. The number of rotatable bonds is 3. The maximum atomic E-state index is 15.1. The Balaban J connectivity index is 1.38. The van der Waals surface area contributed by atoms with E-state index in [0.717, 1.165) is 50.8 Å². The molecule has 0 saturated carbocycles. The van der Waals surface area contributed by atoms with E-state index < -0.39 is 11.9 Å². The number of fused-ring (bicyclic) bond motifs is 3. The van der Waals surface area contributed by atoms with Gasteiger partial charge in [0.25, 0.3) is 5.82 Å². The van der Waals surface area contributed by atoms with Crippen LogP contribution in [0, 0.1) is 17.7 Å². The molecule has 2 N–H and O–H groups in total. The average Bonchev–Trinajstić information content (AvgIpc) is 3.52. The van der Waals surface area contributed by atoms with Crippen LogP contribution < -0.4 is 4.98 Å². The van der Waals surface area contributed by atoms with E-state index in [-0.39, 0.29) is 34.6 Å². The molecule has 2 aliphatic heterocycles. The molecule has 2 unspecified atom stereocenters. The van der Waals surface area contributed by atoms with Crippen LogP contribution in [0.3, 0.4) is 0 Å². The van der Waals surface area contributed by atoms with Crippen LogP contribution in [0.2, 0.25) is 0 Å². The molecular formula is C24H24F4N5O+. The molecule has 4 atom stereocenters. The van der Waals surface area contributed by atoms with E-state index in [9.17, 15) is 13.2 Å². The van der Waals surface area contributed by atoms with Crippen molar-refractivity contribution in [2.75, 3.05) is 26.3 Å². The predicted octanol–water partition coefficient (Wildman–Crippen LogP) is 3.91. The Morgan fingerprint density at radius 2 is 2.00 bits per heavy atom. The van der Waals surface area contributed by atoms with Gasteiger partial charge >= 0.3 is 6.18 Å². The summed E-state index contributed by atoms with van der Waals surface area (Å²) in [4.78, 5) is 16.1. The minimum absolute atomic E-state index is 0.0630. The summed E-state index contributed by atoms with van der Waals surface area (Å²) in [5, 5.41) is 0.236. The second-order valence-corrected chi connectivity index (χ2v) is 9.43. The summed E-state index contributed by atoms with van der Waals surface area (Å²) in [7, 11) is 0. The van der Waals surface area contributed by atoms with Gasteiger partial charge in [0.05, 0.1) is 25.3 Å². The van der Waals surface area contributed by atoms with Gasteiger partial charge in [-0.15, -0.1) is 4.99 Å². The first-order valence-electron chi connectivity index (χ1n) is 11.5. The van der Waals surface area contributed by atoms with Crippen molar-refractivity contribution in [3.05, 3.63) is 53.2 Å². The molecule has 178 valence electrons. The minimum Gasteiger partial charge on any atom is -0.381 e. The first-order chi connectivity index (χ1) is 16.4. The molecule has 3 aromatic rings. The molecule has 1 aromatic carbocycles. The van der Waals surface area contributed by atoms with Crippen molar-refractivity contribution in [1.29, 1.82) is 0 Å². The number of hydrogen-bond acceptors (Lipinski definition) is 4. The molecule has 6 rings (SSSR count). The Kier molecular flexibility index (Phi) is 5.18. The number of halogens is 4. The fourth-order valence-corrected chi connectivity index (χ4v) is 5.80. The number of ether oxygens (including phenoxy) is 1. The van der Waals surface area contributed by atoms with Crippen LogP contribution in [-0.2, 0) is 17.3 Å². The van der Waals surface area contributed by atoms with Crippen molar-refractivity contribution in [2.45, 2.75) is 31.0 Å². The van der Waals surface area contributed by atoms with Crippen LogP contribution in [0.1, 0.15) is 29.2 Å². The number of aryl methyl sites for hydroxylation is 1. The smallest absolute Gasteiger partial charge is 0.381 e. The third kappa shape index (κ3) is 3.69. The van der Waals surface area contributed by atoms with Crippen molar-refractivity contribution in [3.8, 4) is 0 Å². The molecule has 3 aliphatic rings.